The number of halogens is 1. The first-order valence-corrected chi connectivity index (χ1v) is 7.39. The van der Waals surface area contributed by atoms with Gasteiger partial charge in [-0.25, -0.2) is 0 Å². The van der Waals surface area contributed by atoms with E-state index in [4.69, 9.17) is 11.6 Å². The van der Waals surface area contributed by atoms with E-state index in [9.17, 15) is 9.59 Å². The Bertz CT molecular complexity index is 771. The number of rotatable bonds is 1. The second-order valence-electron chi connectivity index (χ2n) is 4.58. The highest BCUT2D eigenvalue weighted by Gasteiger charge is 2.26. The van der Waals surface area contributed by atoms with Crippen molar-refractivity contribution in [3.63, 3.8) is 0 Å². The van der Waals surface area contributed by atoms with Crippen LogP contribution in [-0.4, -0.2) is 22.8 Å². The van der Waals surface area contributed by atoms with Crippen LogP contribution in [0.5, 0.6) is 0 Å². The molecule has 1 atom stereocenters. The number of anilines is 1. The molecule has 0 spiro atoms. The van der Waals surface area contributed by atoms with E-state index in [1.54, 1.807) is 18.0 Å². The van der Waals surface area contributed by atoms with Crippen LogP contribution in [0.4, 0.5) is 5.69 Å². The van der Waals surface area contributed by atoms with E-state index in [2.05, 4.69) is 14.9 Å². The van der Waals surface area contributed by atoms with E-state index in [0.717, 1.165) is 16.3 Å². The van der Waals surface area contributed by atoms with Crippen LogP contribution in [0.25, 0.3) is 0 Å². The van der Waals surface area contributed by atoms with E-state index >= 15 is 0 Å². The fraction of sp³-hybridized carbons (Fsp3) is 0.231. The molecule has 1 unspecified atom stereocenters. The molecule has 0 aliphatic carbocycles. The molecular formula is C13H12ClN3O2S. The van der Waals surface area contributed by atoms with Crippen LogP contribution in [0.1, 0.15) is 11.7 Å². The Morgan fingerprint density at radius 3 is 2.90 bits per heavy atom. The average molecular weight is 310 g/mol. The molecule has 7 heteroatoms. The molecule has 0 saturated carbocycles. The first-order valence-electron chi connectivity index (χ1n) is 6.03. The molecule has 0 radical (unpaired) electrons. The minimum atomic E-state index is -0.632. The average Bonchev–Trinajstić information content (AvgIpc) is 2.42. The number of fused-ring (bicyclic) bond motifs is 1. The molecule has 0 fully saturated rings. The zero-order chi connectivity index (χ0) is 14.3. The monoisotopic (exact) mass is 309 g/mol. The van der Waals surface area contributed by atoms with Gasteiger partial charge in [0, 0.05) is 28.9 Å². The lowest BCUT2D eigenvalue weighted by Crippen LogP contribution is -2.35. The first kappa shape index (κ1) is 13.3. The number of hydrogen-bond acceptors (Lipinski definition) is 4. The molecule has 3 rings (SSSR count). The SMILES string of the molecule is CN1c2ccc(Cl)cc2SCC1c1c[nH]c(=O)c(=O)[nH]1. The largest absolute Gasteiger partial charge is 0.364 e. The molecule has 0 amide bonds. The number of nitrogens with one attached hydrogen (secondary N) is 2. The molecule has 2 aromatic rings. The molecule has 5 nitrogen and oxygen atoms in total. The van der Waals surface area contributed by atoms with Crippen LogP contribution in [0.15, 0.2) is 38.9 Å². The first-order chi connectivity index (χ1) is 9.56. The fourth-order valence-corrected chi connectivity index (χ4v) is 3.80. The van der Waals surface area contributed by atoms with Crippen molar-refractivity contribution in [2.75, 3.05) is 17.7 Å². The van der Waals surface area contributed by atoms with Gasteiger partial charge >= 0.3 is 11.1 Å². The second-order valence-corrected chi connectivity index (χ2v) is 6.08. The van der Waals surface area contributed by atoms with Gasteiger partial charge < -0.3 is 14.9 Å². The lowest BCUT2D eigenvalue weighted by molar-refractivity contribution is 0.698. The molecule has 0 saturated heterocycles. The third-order valence-corrected chi connectivity index (χ3v) is 4.70. The van der Waals surface area contributed by atoms with Gasteiger partial charge in [0.25, 0.3) is 0 Å². The molecule has 20 heavy (non-hydrogen) atoms. The highest BCUT2D eigenvalue weighted by Crippen LogP contribution is 2.42. The maximum absolute atomic E-state index is 11.4. The quantitative estimate of drug-likeness (QED) is 0.791. The Morgan fingerprint density at radius 1 is 1.35 bits per heavy atom. The van der Waals surface area contributed by atoms with Crippen LogP contribution < -0.4 is 16.0 Å². The van der Waals surface area contributed by atoms with Gasteiger partial charge in [0.2, 0.25) is 0 Å². The van der Waals surface area contributed by atoms with Crippen molar-refractivity contribution in [3.8, 4) is 0 Å². The number of aromatic nitrogens is 2. The minimum absolute atomic E-state index is 0.00164. The topological polar surface area (TPSA) is 69.0 Å². The lowest BCUT2D eigenvalue weighted by Gasteiger charge is -2.35. The maximum atomic E-state index is 11.4. The number of benzene rings is 1. The number of nitrogens with zero attached hydrogens (tertiary/aromatic N) is 1. The Kier molecular flexibility index (Phi) is 3.35. The summed E-state index contributed by atoms with van der Waals surface area (Å²) in [6, 6.07) is 5.73. The zero-order valence-electron chi connectivity index (χ0n) is 10.6. The van der Waals surface area contributed by atoms with Gasteiger partial charge in [-0.05, 0) is 18.2 Å². The summed E-state index contributed by atoms with van der Waals surface area (Å²) in [6.07, 6.45) is 1.56. The highest BCUT2D eigenvalue weighted by molar-refractivity contribution is 7.99. The molecule has 1 aromatic heterocycles. The van der Waals surface area contributed by atoms with Crippen molar-refractivity contribution >= 4 is 29.1 Å². The number of aromatic amines is 2. The van der Waals surface area contributed by atoms with Crippen molar-refractivity contribution in [3.05, 3.63) is 55.8 Å². The van der Waals surface area contributed by atoms with Crippen molar-refractivity contribution < 1.29 is 0 Å². The summed E-state index contributed by atoms with van der Waals surface area (Å²) >= 11 is 7.68. The molecule has 1 aromatic carbocycles. The molecule has 0 bridgehead atoms. The normalized spacial score (nSPS) is 17.9. The van der Waals surface area contributed by atoms with Gasteiger partial charge in [0.15, 0.2) is 0 Å². The fourth-order valence-electron chi connectivity index (χ4n) is 2.25. The Hall–Kier alpha value is -1.66. The van der Waals surface area contributed by atoms with Gasteiger partial charge in [0.05, 0.1) is 17.4 Å². The second kappa shape index (κ2) is 5.03. The van der Waals surface area contributed by atoms with Crippen LogP contribution in [0.2, 0.25) is 5.02 Å². The van der Waals surface area contributed by atoms with Gasteiger partial charge in [-0.15, -0.1) is 11.8 Å². The van der Waals surface area contributed by atoms with Gasteiger partial charge in [-0.2, -0.15) is 0 Å². The van der Waals surface area contributed by atoms with E-state index < -0.39 is 11.1 Å². The Labute approximate surface area is 124 Å². The summed E-state index contributed by atoms with van der Waals surface area (Å²) in [5, 5.41) is 0.709. The summed E-state index contributed by atoms with van der Waals surface area (Å²) in [6.45, 7) is 0. The maximum Gasteiger partial charge on any atom is 0.313 e. The Balaban J connectivity index is 2.01. The van der Waals surface area contributed by atoms with Crippen molar-refractivity contribution in [1.82, 2.24) is 9.97 Å². The number of H-pyrrole nitrogens is 2. The molecular weight excluding hydrogens is 298 g/mol. The third kappa shape index (κ3) is 2.25. The molecule has 2 heterocycles. The predicted molar refractivity (Wildman–Crippen MR) is 81.0 cm³/mol. The van der Waals surface area contributed by atoms with E-state index in [1.165, 1.54) is 0 Å². The van der Waals surface area contributed by atoms with Crippen LogP contribution in [-0.2, 0) is 0 Å². The van der Waals surface area contributed by atoms with Crippen molar-refractivity contribution in [2.45, 2.75) is 10.9 Å². The standard InChI is InChI=1S/C13H12ClN3O2S/c1-17-9-3-2-7(14)4-11(9)20-6-10(17)8-5-15-12(18)13(19)16-8/h2-5,10H,6H2,1H3,(H,15,18)(H,16,19). The lowest BCUT2D eigenvalue weighted by atomic mass is 10.2. The third-order valence-electron chi connectivity index (χ3n) is 3.35. The van der Waals surface area contributed by atoms with Gasteiger partial charge in [-0.1, -0.05) is 11.6 Å². The summed E-state index contributed by atoms with van der Waals surface area (Å²) in [5.41, 5.74) is 0.503. The smallest absolute Gasteiger partial charge is 0.313 e. The van der Waals surface area contributed by atoms with Crippen molar-refractivity contribution in [2.24, 2.45) is 0 Å². The van der Waals surface area contributed by atoms with Gasteiger partial charge in [-0.3, -0.25) is 9.59 Å². The summed E-state index contributed by atoms with van der Waals surface area (Å²) in [5.74, 6) is 0.770. The van der Waals surface area contributed by atoms with Crippen LogP contribution >= 0.6 is 23.4 Å². The highest BCUT2D eigenvalue weighted by atomic mass is 35.5. The summed E-state index contributed by atoms with van der Waals surface area (Å²) < 4.78 is 0. The van der Waals surface area contributed by atoms with E-state index in [0.29, 0.717) is 10.7 Å². The molecule has 1 aliphatic rings. The van der Waals surface area contributed by atoms with Crippen LogP contribution in [0.3, 0.4) is 0 Å². The molecule has 1 aliphatic heterocycles. The summed E-state index contributed by atoms with van der Waals surface area (Å²) in [4.78, 5) is 30.9. The molecule has 2 N–H and O–H groups in total. The number of thioether (sulfide) groups is 1. The Morgan fingerprint density at radius 2 is 2.15 bits per heavy atom. The van der Waals surface area contributed by atoms with Crippen molar-refractivity contribution in [1.29, 1.82) is 0 Å². The van der Waals surface area contributed by atoms with E-state index in [-0.39, 0.29) is 6.04 Å². The number of hydrogen-bond donors (Lipinski definition) is 2. The molecule has 104 valence electrons. The van der Waals surface area contributed by atoms with Gasteiger partial charge in [0.1, 0.15) is 0 Å². The van der Waals surface area contributed by atoms with E-state index in [1.807, 2.05) is 25.2 Å². The van der Waals surface area contributed by atoms with Crippen LogP contribution in [0, 0.1) is 0 Å². The minimum Gasteiger partial charge on any atom is -0.364 e. The predicted octanol–water partition coefficient (Wildman–Crippen LogP) is 2.00. The zero-order valence-corrected chi connectivity index (χ0v) is 12.2. The summed E-state index contributed by atoms with van der Waals surface area (Å²) in [7, 11) is 1.96.